The molecule has 21 heavy (non-hydrogen) atoms. The number of piperidine rings is 2. The zero-order chi connectivity index (χ0) is 14.4. The Morgan fingerprint density at radius 3 is 2.62 bits per heavy atom. The second kappa shape index (κ2) is 4.86. The largest absolute Gasteiger partial charge is 0.353 e. The van der Waals surface area contributed by atoms with Crippen LogP contribution in [0.2, 0.25) is 0 Å². The molecule has 1 aromatic rings. The van der Waals surface area contributed by atoms with Crippen molar-refractivity contribution in [2.45, 2.75) is 31.7 Å². The minimum absolute atomic E-state index is 0.0691. The van der Waals surface area contributed by atoms with E-state index in [1.807, 2.05) is 25.2 Å². The fraction of sp³-hybridized carbons (Fsp3) is 0.529. The predicted octanol–water partition coefficient (Wildman–Crippen LogP) is 2.28. The average Bonchev–Trinajstić information content (AvgIpc) is 2.67. The normalized spacial score (nSPS) is 28.2. The summed E-state index contributed by atoms with van der Waals surface area (Å²) >= 11 is 0. The molecule has 0 atom stereocenters. The van der Waals surface area contributed by atoms with Crippen LogP contribution in [0.1, 0.15) is 31.2 Å². The molecule has 4 aliphatic rings. The summed E-state index contributed by atoms with van der Waals surface area (Å²) in [5, 5.41) is 0. The standard InChI is InChI=1S/C17H21N3O/c1-19-15-5-3-2-4-14(15)17(18-10-16(19)21)20-11-12-6-8-13(20)9-7-12/h2-5,12-13H,6-11H2,1H3. The predicted molar refractivity (Wildman–Crippen MR) is 83.7 cm³/mol. The number of para-hydroxylation sites is 1. The van der Waals surface area contributed by atoms with Gasteiger partial charge >= 0.3 is 0 Å². The second-order valence-electron chi connectivity index (χ2n) is 6.44. The Labute approximate surface area is 125 Å². The van der Waals surface area contributed by atoms with Crippen LogP contribution in [-0.2, 0) is 4.79 Å². The van der Waals surface area contributed by atoms with Gasteiger partial charge in [0.05, 0.1) is 5.69 Å². The highest BCUT2D eigenvalue weighted by molar-refractivity contribution is 6.10. The first kappa shape index (κ1) is 12.9. The third-order valence-electron chi connectivity index (χ3n) is 5.23. The number of nitrogens with zero attached hydrogens (tertiary/aromatic N) is 3. The lowest BCUT2D eigenvalue weighted by atomic mass is 9.79. The summed E-state index contributed by atoms with van der Waals surface area (Å²) in [6.45, 7) is 1.37. The number of aliphatic imine (C=N–C) groups is 1. The third kappa shape index (κ3) is 2.04. The molecule has 0 aromatic heterocycles. The number of carbonyl (C=O) groups is 1. The van der Waals surface area contributed by atoms with Gasteiger partial charge in [0.1, 0.15) is 12.4 Å². The van der Waals surface area contributed by atoms with Crippen LogP contribution >= 0.6 is 0 Å². The van der Waals surface area contributed by atoms with Crippen molar-refractivity contribution in [3.8, 4) is 0 Å². The minimum atomic E-state index is 0.0691. The van der Waals surface area contributed by atoms with Crippen molar-refractivity contribution >= 4 is 17.4 Å². The maximum Gasteiger partial charge on any atom is 0.248 e. The maximum absolute atomic E-state index is 12.2. The molecule has 0 unspecified atom stereocenters. The smallest absolute Gasteiger partial charge is 0.248 e. The Hall–Kier alpha value is -1.84. The molecule has 1 amide bonds. The molecule has 1 aromatic carbocycles. The van der Waals surface area contributed by atoms with Crippen molar-refractivity contribution in [3.05, 3.63) is 29.8 Å². The highest BCUT2D eigenvalue weighted by Gasteiger charge is 2.37. The third-order valence-corrected chi connectivity index (χ3v) is 5.23. The lowest BCUT2D eigenvalue weighted by molar-refractivity contribution is -0.116. The molecule has 0 N–H and O–H groups in total. The molecule has 1 saturated carbocycles. The number of hydrogen-bond acceptors (Lipinski definition) is 3. The quantitative estimate of drug-likeness (QED) is 0.732. The summed E-state index contributed by atoms with van der Waals surface area (Å²) in [6.07, 6.45) is 5.26. The number of rotatable bonds is 0. The van der Waals surface area contributed by atoms with Gasteiger partial charge in [0.2, 0.25) is 5.91 Å². The Morgan fingerprint density at radius 2 is 1.90 bits per heavy atom. The molecule has 0 radical (unpaired) electrons. The number of amidine groups is 1. The van der Waals surface area contributed by atoms with E-state index in [1.165, 1.54) is 25.7 Å². The SMILES string of the molecule is CN1C(=O)CN=C(N2CC3CCC2CC3)c2ccccc21. The van der Waals surface area contributed by atoms with Crippen LogP contribution < -0.4 is 4.90 Å². The van der Waals surface area contributed by atoms with Gasteiger partial charge in [-0.25, -0.2) is 0 Å². The molecular weight excluding hydrogens is 262 g/mol. The molecule has 3 heterocycles. The van der Waals surface area contributed by atoms with E-state index in [4.69, 9.17) is 0 Å². The fourth-order valence-corrected chi connectivity index (χ4v) is 3.99. The Morgan fingerprint density at radius 1 is 1.14 bits per heavy atom. The van der Waals surface area contributed by atoms with Crippen LogP contribution in [0.4, 0.5) is 5.69 Å². The van der Waals surface area contributed by atoms with Crippen molar-refractivity contribution in [1.82, 2.24) is 4.90 Å². The number of carbonyl (C=O) groups excluding carboxylic acids is 1. The van der Waals surface area contributed by atoms with E-state index < -0.39 is 0 Å². The van der Waals surface area contributed by atoms with Gasteiger partial charge in [0.15, 0.2) is 0 Å². The van der Waals surface area contributed by atoms with E-state index in [-0.39, 0.29) is 12.5 Å². The average molecular weight is 283 g/mol. The summed E-state index contributed by atoms with van der Waals surface area (Å²) in [7, 11) is 1.85. The number of hydrogen-bond donors (Lipinski definition) is 0. The van der Waals surface area contributed by atoms with E-state index in [1.54, 1.807) is 4.90 Å². The van der Waals surface area contributed by atoms with E-state index in [0.717, 1.165) is 29.5 Å². The highest BCUT2D eigenvalue weighted by Crippen LogP contribution is 2.37. The molecule has 2 bridgehead atoms. The monoisotopic (exact) mass is 283 g/mol. The van der Waals surface area contributed by atoms with E-state index in [2.05, 4.69) is 16.0 Å². The number of amides is 1. The molecule has 3 aliphatic heterocycles. The van der Waals surface area contributed by atoms with Gasteiger partial charge in [-0.05, 0) is 43.7 Å². The number of fused-ring (bicyclic) bond motifs is 4. The van der Waals surface area contributed by atoms with Crippen molar-refractivity contribution in [2.24, 2.45) is 10.9 Å². The van der Waals surface area contributed by atoms with Crippen molar-refractivity contribution in [1.29, 1.82) is 0 Å². The summed E-state index contributed by atoms with van der Waals surface area (Å²) in [5.74, 6) is 1.92. The van der Waals surface area contributed by atoms with E-state index >= 15 is 0 Å². The molecular formula is C17H21N3O. The van der Waals surface area contributed by atoms with Crippen LogP contribution in [0.3, 0.4) is 0 Å². The molecule has 4 heteroatoms. The van der Waals surface area contributed by atoms with Gasteiger partial charge in [-0.1, -0.05) is 12.1 Å². The van der Waals surface area contributed by atoms with Crippen LogP contribution in [0.5, 0.6) is 0 Å². The molecule has 110 valence electrons. The molecule has 2 saturated heterocycles. The van der Waals surface area contributed by atoms with Crippen LogP contribution in [0.25, 0.3) is 0 Å². The maximum atomic E-state index is 12.2. The number of anilines is 1. The molecule has 5 rings (SSSR count). The van der Waals surface area contributed by atoms with Gasteiger partial charge in [-0.15, -0.1) is 0 Å². The highest BCUT2D eigenvalue weighted by atomic mass is 16.2. The van der Waals surface area contributed by atoms with Gasteiger partial charge in [0.25, 0.3) is 0 Å². The number of benzodiazepines with no additional fused rings is 1. The number of benzene rings is 1. The Kier molecular flexibility index (Phi) is 2.98. The lowest BCUT2D eigenvalue weighted by Crippen LogP contribution is -2.51. The lowest BCUT2D eigenvalue weighted by Gasteiger charge is -2.47. The van der Waals surface area contributed by atoms with Gasteiger partial charge in [-0.2, -0.15) is 0 Å². The summed E-state index contributed by atoms with van der Waals surface area (Å²) in [5.41, 5.74) is 2.10. The first-order chi connectivity index (χ1) is 10.2. The minimum Gasteiger partial charge on any atom is -0.353 e. The first-order valence-corrected chi connectivity index (χ1v) is 7.91. The Bertz CT molecular complexity index is 602. The Balaban J connectivity index is 1.77. The molecule has 1 aliphatic carbocycles. The van der Waals surface area contributed by atoms with Crippen LogP contribution in [0.15, 0.2) is 29.3 Å². The summed E-state index contributed by atoms with van der Waals surface area (Å²) in [6, 6.07) is 8.77. The van der Waals surface area contributed by atoms with E-state index in [9.17, 15) is 4.79 Å². The summed E-state index contributed by atoms with van der Waals surface area (Å²) < 4.78 is 0. The zero-order valence-electron chi connectivity index (χ0n) is 12.5. The first-order valence-electron chi connectivity index (χ1n) is 7.91. The van der Waals surface area contributed by atoms with Crippen molar-refractivity contribution < 1.29 is 4.79 Å². The zero-order valence-corrected chi connectivity index (χ0v) is 12.5. The van der Waals surface area contributed by atoms with Crippen molar-refractivity contribution in [2.75, 3.05) is 25.0 Å². The van der Waals surface area contributed by atoms with Crippen LogP contribution in [-0.4, -0.2) is 42.8 Å². The van der Waals surface area contributed by atoms with E-state index in [0.29, 0.717) is 6.04 Å². The summed E-state index contributed by atoms with van der Waals surface area (Å²) in [4.78, 5) is 21.1. The van der Waals surface area contributed by atoms with Crippen LogP contribution in [0, 0.1) is 5.92 Å². The topological polar surface area (TPSA) is 35.9 Å². The van der Waals surface area contributed by atoms with Gasteiger partial charge in [-0.3, -0.25) is 9.79 Å². The molecule has 4 nitrogen and oxygen atoms in total. The van der Waals surface area contributed by atoms with Gasteiger partial charge < -0.3 is 9.80 Å². The molecule has 0 spiro atoms. The number of likely N-dealkylation sites (N-methyl/N-ethyl adjacent to an activating group) is 1. The molecule has 3 fully saturated rings. The van der Waals surface area contributed by atoms with Crippen molar-refractivity contribution in [3.63, 3.8) is 0 Å². The fourth-order valence-electron chi connectivity index (χ4n) is 3.99. The second-order valence-corrected chi connectivity index (χ2v) is 6.44. The van der Waals surface area contributed by atoms with Gasteiger partial charge in [0, 0.05) is 25.2 Å².